The highest BCUT2D eigenvalue weighted by atomic mass is 16.5. The molecule has 10 nitrogen and oxygen atoms in total. The third kappa shape index (κ3) is 4.75. The van der Waals surface area contributed by atoms with Gasteiger partial charge in [-0.2, -0.15) is 10.2 Å². The van der Waals surface area contributed by atoms with E-state index in [2.05, 4.69) is 15.5 Å². The van der Waals surface area contributed by atoms with Crippen LogP contribution in [0.5, 0.6) is 17.2 Å². The van der Waals surface area contributed by atoms with Crippen molar-refractivity contribution in [1.29, 1.82) is 0 Å². The Balaban J connectivity index is 1.37. The molecule has 3 heterocycles. The summed E-state index contributed by atoms with van der Waals surface area (Å²) in [6, 6.07) is 21.9. The van der Waals surface area contributed by atoms with Gasteiger partial charge in [0.25, 0.3) is 5.91 Å². The van der Waals surface area contributed by atoms with Crippen LogP contribution in [0.3, 0.4) is 0 Å². The Kier molecular flexibility index (Phi) is 6.12. The molecule has 0 saturated carbocycles. The van der Waals surface area contributed by atoms with Gasteiger partial charge in [0.05, 0.1) is 43.5 Å². The lowest BCUT2D eigenvalue weighted by atomic mass is 10.1. The minimum absolute atomic E-state index is 0.0596. The number of rotatable bonds is 7. The molecule has 5 aromatic rings. The number of aromatic amines is 1. The Morgan fingerprint density at radius 2 is 1.85 bits per heavy atom. The number of hydrogen-bond acceptors (Lipinski definition) is 7. The monoisotopic (exact) mass is 522 g/mol. The standard InChI is InChI=1S/C29H26N6O4/c1-39-22-9-7-18(8-10-22)15-35-27(13-23(33-35)19-5-3-2-4-6-19)31-24-11-21(36)12-26(37)28(24)29(38)34-16-20-14-30-32-25(20)17-34/h2-14,31,36-37H,15-17H2,1H3,(H,30,32). The highest BCUT2D eigenvalue weighted by Gasteiger charge is 2.30. The minimum atomic E-state index is -0.371. The van der Waals surface area contributed by atoms with Crippen LogP contribution in [0.25, 0.3) is 11.3 Å². The second kappa shape index (κ2) is 9.90. The van der Waals surface area contributed by atoms with E-state index in [1.807, 2.05) is 60.7 Å². The SMILES string of the molecule is COc1ccc(Cn2nc(-c3ccccc3)cc2Nc2cc(O)cc(O)c2C(=O)N2Cc3cn[nH]c3C2)cc1. The highest BCUT2D eigenvalue weighted by Crippen LogP contribution is 2.36. The maximum absolute atomic E-state index is 13.6. The maximum atomic E-state index is 13.6. The van der Waals surface area contributed by atoms with Gasteiger partial charge in [-0.25, -0.2) is 4.68 Å². The number of carbonyl (C=O) groups is 1. The number of methoxy groups -OCH3 is 1. The zero-order chi connectivity index (χ0) is 26.9. The number of phenolic OH excluding ortho intramolecular Hbond substituents is 2. The largest absolute Gasteiger partial charge is 0.508 e. The number of ether oxygens (including phenoxy) is 1. The van der Waals surface area contributed by atoms with E-state index in [9.17, 15) is 15.0 Å². The van der Waals surface area contributed by atoms with E-state index in [1.165, 1.54) is 12.1 Å². The van der Waals surface area contributed by atoms with Crippen molar-refractivity contribution < 1.29 is 19.7 Å². The van der Waals surface area contributed by atoms with E-state index in [0.29, 0.717) is 25.5 Å². The Bertz CT molecular complexity index is 1620. The van der Waals surface area contributed by atoms with Gasteiger partial charge >= 0.3 is 0 Å². The molecular formula is C29H26N6O4. The zero-order valence-electron chi connectivity index (χ0n) is 21.1. The summed E-state index contributed by atoms with van der Waals surface area (Å²) < 4.78 is 7.06. The van der Waals surface area contributed by atoms with E-state index in [0.717, 1.165) is 33.8 Å². The predicted molar refractivity (Wildman–Crippen MR) is 145 cm³/mol. The molecule has 0 fully saturated rings. The quantitative estimate of drug-likeness (QED) is 0.245. The summed E-state index contributed by atoms with van der Waals surface area (Å²) >= 11 is 0. The van der Waals surface area contributed by atoms with Gasteiger partial charge < -0.3 is 25.2 Å². The van der Waals surface area contributed by atoms with Crippen molar-refractivity contribution in [2.45, 2.75) is 19.6 Å². The molecule has 0 bridgehead atoms. The molecule has 10 heteroatoms. The van der Waals surface area contributed by atoms with Crippen molar-refractivity contribution in [3.05, 3.63) is 101 Å². The van der Waals surface area contributed by atoms with Crippen LogP contribution in [-0.2, 0) is 19.6 Å². The van der Waals surface area contributed by atoms with Gasteiger partial charge in [0, 0.05) is 35.9 Å². The third-order valence-electron chi connectivity index (χ3n) is 6.72. The summed E-state index contributed by atoms with van der Waals surface area (Å²) in [6.45, 7) is 1.15. The Hall–Kier alpha value is -5.25. The number of phenols is 2. The molecule has 6 rings (SSSR count). The van der Waals surface area contributed by atoms with Crippen LogP contribution >= 0.6 is 0 Å². The van der Waals surface area contributed by atoms with Crippen LogP contribution in [0.4, 0.5) is 11.5 Å². The number of fused-ring (bicyclic) bond motifs is 1. The molecule has 2 aromatic heterocycles. The molecule has 1 aliphatic rings. The van der Waals surface area contributed by atoms with Crippen LogP contribution in [0.15, 0.2) is 79.0 Å². The number of nitrogens with one attached hydrogen (secondary N) is 2. The molecule has 0 saturated heterocycles. The van der Waals surface area contributed by atoms with Crippen molar-refractivity contribution >= 4 is 17.4 Å². The van der Waals surface area contributed by atoms with Crippen molar-refractivity contribution in [1.82, 2.24) is 24.9 Å². The Morgan fingerprint density at radius 3 is 2.59 bits per heavy atom. The van der Waals surface area contributed by atoms with E-state index in [-0.39, 0.29) is 28.7 Å². The molecule has 3 aromatic carbocycles. The number of carbonyl (C=O) groups excluding carboxylic acids is 1. The lowest BCUT2D eigenvalue weighted by Crippen LogP contribution is -2.26. The van der Waals surface area contributed by atoms with E-state index < -0.39 is 0 Å². The summed E-state index contributed by atoms with van der Waals surface area (Å²) in [5.74, 6) is 0.473. The number of anilines is 2. The van der Waals surface area contributed by atoms with Crippen LogP contribution < -0.4 is 10.1 Å². The Morgan fingerprint density at radius 1 is 1.05 bits per heavy atom. The van der Waals surface area contributed by atoms with Gasteiger partial charge in [-0.05, 0) is 17.7 Å². The van der Waals surface area contributed by atoms with Gasteiger partial charge in [-0.3, -0.25) is 9.89 Å². The molecule has 4 N–H and O–H groups in total. The summed E-state index contributed by atoms with van der Waals surface area (Å²) in [5, 5.41) is 36.1. The smallest absolute Gasteiger partial charge is 0.260 e. The van der Waals surface area contributed by atoms with Crippen molar-refractivity contribution in [3.8, 4) is 28.5 Å². The van der Waals surface area contributed by atoms with Gasteiger partial charge in [0.1, 0.15) is 28.6 Å². The fourth-order valence-corrected chi connectivity index (χ4v) is 4.73. The van der Waals surface area contributed by atoms with Crippen molar-refractivity contribution in [2.24, 2.45) is 0 Å². The lowest BCUT2D eigenvalue weighted by molar-refractivity contribution is 0.0747. The number of hydrogen-bond donors (Lipinski definition) is 4. The van der Waals surface area contributed by atoms with E-state index >= 15 is 0 Å². The molecule has 1 aliphatic heterocycles. The average molecular weight is 523 g/mol. The molecule has 39 heavy (non-hydrogen) atoms. The van der Waals surface area contributed by atoms with Gasteiger partial charge in [0.15, 0.2) is 0 Å². The molecule has 0 atom stereocenters. The van der Waals surface area contributed by atoms with Crippen molar-refractivity contribution in [2.75, 3.05) is 12.4 Å². The molecule has 0 spiro atoms. The summed E-state index contributed by atoms with van der Waals surface area (Å²) in [6.07, 6.45) is 1.70. The molecule has 0 aliphatic carbocycles. The van der Waals surface area contributed by atoms with Crippen molar-refractivity contribution in [3.63, 3.8) is 0 Å². The average Bonchev–Trinajstić information content (AvgIpc) is 3.65. The van der Waals surface area contributed by atoms with E-state index in [4.69, 9.17) is 9.84 Å². The summed E-state index contributed by atoms with van der Waals surface area (Å²) in [5.41, 5.74) is 4.77. The second-order valence-electron chi connectivity index (χ2n) is 9.33. The minimum Gasteiger partial charge on any atom is -0.508 e. The number of amides is 1. The van der Waals surface area contributed by atoms with Crippen LogP contribution in [-0.4, -0.2) is 48.1 Å². The molecule has 0 unspecified atom stereocenters. The van der Waals surface area contributed by atoms with Crippen LogP contribution in [0.2, 0.25) is 0 Å². The zero-order valence-corrected chi connectivity index (χ0v) is 21.1. The first-order chi connectivity index (χ1) is 19.0. The number of nitrogens with zero attached hydrogens (tertiary/aromatic N) is 4. The fourth-order valence-electron chi connectivity index (χ4n) is 4.73. The van der Waals surface area contributed by atoms with E-state index in [1.54, 1.807) is 22.9 Å². The second-order valence-corrected chi connectivity index (χ2v) is 9.33. The summed E-state index contributed by atoms with van der Waals surface area (Å²) in [7, 11) is 1.62. The topological polar surface area (TPSA) is 129 Å². The third-order valence-corrected chi connectivity index (χ3v) is 6.72. The number of H-pyrrole nitrogens is 1. The van der Waals surface area contributed by atoms with Gasteiger partial charge in [-0.1, -0.05) is 42.5 Å². The molecule has 0 radical (unpaired) electrons. The number of benzene rings is 3. The molecule has 196 valence electrons. The van der Waals surface area contributed by atoms with Gasteiger partial charge in [0.2, 0.25) is 0 Å². The number of aromatic hydroxyl groups is 2. The van der Waals surface area contributed by atoms with Crippen LogP contribution in [0, 0.1) is 0 Å². The lowest BCUT2D eigenvalue weighted by Gasteiger charge is -2.20. The first-order valence-electron chi connectivity index (χ1n) is 12.4. The first-order valence-corrected chi connectivity index (χ1v) is 12.4. The van der Waals surface area contributed by atoms with Crippen LogP contribution in [0.1, 0.15) is 27.2 Å². The summed E-state index contributed by atoms with van der Waals surface area (Å²) in [4.78, 5) is 15.2. The number of aromatic nitrogens is 4. The van der Waals surface area contributed by atoms with Gasteiger partial charge in [-0.15, -0.1) is 0 Å². The predicted octanol–water partition coefficient (Wildman–Crippen LogP) is 4.64. The maximum Gasteiger partial charge on any atom is 0.260 e. The first kappa shape index (κ1) is 24.1. The highest BCUT2D eigenvalue weighted by molar-refractivity contribution is 6.03. The normalized spacial score (nSPS) is 12.4. The Labute approximate surface area is 224 Å². The molecular weight excluding hydrogens is 496 g/mol. The fraction of sp³-hybridized carbons (Fsp3) is 0.138. The molecule has 1 amide bonds.